The van der Waals surface area contributed by atoms with Crippen LogP contribution in [0.25, 0.3) is 0 Å². The predicted octanol–water partition coefficient (Wildman–Crippen LogP) is 0.219. The maximum absolute atomic E-state index is 11.8. The van der Waals surface area contributed by atoms with Crippen LogP contribution in [0, 0.1) is 5.92 Å². The second-order valence-corrected chi connectivity index (χ2v) is 3.85. The maximum atomic E-state index is 11.8. The molecule has 1 rings (SSSR count). The number of carbonyl (C=O) groups excluding carboxylic acids is 1. The molecular formula is C10H20N2O2. The summed E-state index contributed by atoms with van der Waals surface area (Å²) in [5.74, 6) is 0.327. The van der Waals surface area contributed by atoms with Crippen LogP contribution in [0.1, 0.15) is 20.3 Å². The largest absolute Gasteiger partial charge is 0.378 e. The van der Waals surface area contributed by atoms with Gasteiger partial charge in [-0.15, -0.1) is 0 Å². The molecule has 1 amide bonds. The van der Waals surface area contributed by atoms with E-state index in [9.17, 15) is 4.79 Å². The van der Waals surface area contributed by atoms with E-state index in [0.29, 0.717) is 26.3 Å². The smallest absolute Gasteiger partial charge is 0.239 e. The lowest BCUT2D eigenvalue weighted by Crippen LogP contribution is -2.50. The van der Waals surface area contributed by atoms with E-state index >= 15 is 0 Å². The first-order valence-corrected chi connectivity index (χ1v) is 5.29. The van der Waals surface area contributed by atoms with Crippen LogP contribution in [0.3, 0.4) is 0 Å². The molecule has 2 atom stereocenters. The van der Waals surface area contributed by atoms with Gasteiger partial charge in [-0.05, 0) is 5.92 Å². The molecule has 1 aliphatic heterocycles. The van der Waals surface area contributed by atoms with Crippen LogP contribution < -0.4 is 5.73 Å². The number of nitrogens with zero attached hydrogens (tertiary/aromatic N) is 1. The van der Waals surface area contributed by atoms with Crippen molar-refractivity contribution in [1.29, 1.82) is 0 Å². The van der Waals surface area contributed by atoms with Gasteiger partial charge < -0.3 is 15.4 Å². The zero-order valence-corrected chi connectivity index (χ0v) is 9.03. The molecule has 0 aromatic carbocycles. The van der Waals surface area contributed by atoms with Crippen LogP contribution >= 0.6 is 0 Å². The molecule has 0 saturated carbocycles. The van der Waals surface area contributed by atoms with Crippen LogP contribution in [0.5, 0.6) is 0 Å². The van der Waals surface area contributed by atoms with E-state index in [0.717, 1.165) is 6.42 Å². The summed E-state index contributed by atoms with van der Waals surface area (Å²) in [5, 5.41) is 0. The summed E-state index contributed by atoms with van der Waals surface area (Å²) in [5.41, 5.74) is 5.87. The molecule has 1 heterocycles. The fourth-order valence-electron chi connectivity index (χ4n) is 1.49. The summed E-state index contributed by atoms with van der Waals surface area (Å²) >= 11 is 0. The van der Waals surface area contributed by atoms with Crippen LogP contribution in [-0.2, 0) is 9.53 Å². The number of rotatable bonds is 3. The number of amides is 1. The highest BCUT2D eigenvalue weighted by molar-refractivity contribution is 5.82. The fraction of sp³-hybridized carbons (Fsp3) is 0.900. The topological polar surface area (TPSA) is 55.6 Å². The molecule has 2 N–H and O–H groups in total. The molecule has 4 heteroatoms. The average molecular weight is 200 g/mol. The average Bonchev–Trinajstić information content (AvgIpc) is 2.27. The number of carbonyl (C=O) groups is 1. The van der Waals surface area contributed by atoms with Gasteiger partial charge in [0.1, 0.15) is 0 Å². The monoisotopic (exact) mass is 200 g/mol. The number of hydrogen-bond donors (Lipinski definition) is 1. The summed E-state index contributed by atoms with van der Waals surface area (Å²) in [6.45, 7) is 6.71. The molecule has 0 bridgehead atoms. The number of hydrogen-bond acceptors (Lipinski definition) is 3. The van der Waals surface area contributed by atoms with Gasteiger partial charge in [0.2, 0.25) is 5.91 Å². The molecule has 14 heavy (non-hydrogen) atoms. The maximum Gasteiger partial charge on any atom is 0.239 e. The molecule has 0 radical (unpaired) electrons. The van der Waals surface area contributed by atoms with Gasteiger partial charge in [-0.1, -0.05) is 20.3 Å². The molecule has 1 aliphatic rings. The third-order valence-corrected chi connectivity index (χ3v) is 2.86. The Hall–Kier alpha value is -0.610. The first-order valence-electron chi connectivity index (χ1n) is 5.29. The first-order chi connectivity index (χ1) is 6.66. The summed E-state index contributed by atoms with van der Waals surface area (Å²) in [4.78, 5) is 13.6. The van der Waals surface area contributed by atoms with Crippen molar-refractivity contribution < 1.29 is 9.53 Å². The molecule has 0 aromatic heterocycles. The molecule has 0 aliphatic carbocycles. The van der Waals surface area contributed by atoms with E-state index in [1.807, 2.05) is 6.92 Å². The second-order valence-electron chi connectivity index (χ2n) is 3.85. The minimum Gasteiger partial charge on any atom is -0.378 e. The highest BCUT2D eigenvalue weighted by atomic mass is 16.5. The Morgan fingerprint density at radius 3 is 2.57 bits per heavy atom. The van der Waals surface area contributed by atoms with E-state index in [1.165, 1.54) is 0 Å². The third-order valence-electron chi connectivity index (χ3n) is 2.86. The Labute approximate surface area is 85.4 Å². The Bertz CT molecular complexity index is 187. The minimum atomic E-state index is -0.349. The fourth-order valence-corrected chi connectivity index (χ4v) is 1.49. The van der Waals surface area contributed by atoms with Gasteiger partial charge in [-0.2, -0.15) is 0 Å². The Morgan fingerprint density at radius 1 is 1.50 bits per heavy atom. The molecule has 0 spiro atoms. The molecule has 1 saturated heterocycles. The van der Waals surface area contributed by atoms with E-state index < -0.39 is 0 Å². The summed E-state index contributed by atoms with van der Waals surface area (Å²) < 4.78 is 5.18. The lowest BCUT2D eigenvalue weighted by molar-refractivity contribution is -0.137. The minimum absolute atomic E-state index is 0.0719. The van der Waals surface area contributed by atoms with Crippen molar-refractivity contribution >= 4 is 5.91 Å². The SMILES string of the molecule is CCC(C)[C@H](N)C(=O)N1CCOCC1. The van der Waals surface area contributed by atoms with Gasteiger partial charge >= 0.3 is 0 Å². The van der Waals surface area contributed by atoms with E-state index in [-0.39, 0.29) is 17.9 Å². The molecule has 1 fully saturated rings. The van der Waals surface area contributed by atoms with Crippen LogP contribution in [-0.4, -0.2) is 43.2 Å². The zero-order valence-electron chi connectivity index (χ0n) is 9.03. The number of ether oxygens (including phenoxy) is 1. The van der Waals surface area contributed by atoms with Gasteiger partial charge in [0.25, 0.3) is 0 Å². The van der Waals surface area contributed by atoms with Gasteiger partial charge in [0, 0.05) is 13.1 Å². The highest BCUT2D eigenvalue weighted by Gasteiger charge is 2.25. The summed E-state index contributed by atoms with van der Waals surface area (Å²) in [6, 6.07) is -0.349. The third kappa shape index (κ3) is 2.69. The van der Waals surface area contributed by atoms with Gasteiger partial charge in [0.15, 0.2) is 0 Å². The van der Waals surface area contributed by atoms with Crippen molar-refractivity contribution in [3.8, 4) is 0 Å². The van der Waals surface area contributed by atoms with Crippen LogP contribution in [0.15, 0.2) is 0 Å². The number of nitrogens with two attached hydrogens (primary N) is 1. The second kappa shape index (κ2) is 5.32. The Morgan fingerprint density at radius 2 is 2.07 bits per heavy atom. The van der Waals surface area contributed by atoms with Crippen molar-refractivity contribution in [3.05, 3.63) is 0 Å². The van der Waals surface area contributed by atoms with E-state index in [2.05, 4.69) is 6.92 Å². The van der Waals surface area contributed by atoms with Crippen molar-refractivity contribution in [1.82, 2.24) is 4.90 Å². The van der Waals surface area contributed by atoms with E-state index in [1.54, 1.807) is 4.90 Å². The normalized spacial score (nSPS) is 21.8. The standard InChI is InChI=1S/C10H20N2O2/c1-3-8(2)9(11)10(13)12-4-6-14-7-5-12/h8-9H,3-7,11H2,1-2H3/t8?,9-/m0/s1. The molecule has 1 unspecified atom stereocenters. The molecule has 0 aromatic rings. The van der Waals surface area contributed by atoms with Crippen molar-refractivity contribution in [2.45, 2.75) is 26.3 Å². The quantitative estimate of drug-likeness (QED) is 0.709. The summed E-state index contributed by atoms with van der Waals surface area (Å²) in [6.07, 6.45) is 0.942. The lowest BCUT2D eigenvalue weighted by atomic mass is 9.99. The Balaban J connectivity index is 2.46. The van der Waals surface area contributed by atoms with Crippen molar-refractivity contribution in [3.63, 3.8) is 0 Å². The first kappa shape index (κ1) is 11.5. The van der Waals surface area contributed by atoms with Crippen molar-refractivity contribution in [2.24, 2.45) is 11.7 Å². The molecular weight excluding hydrogens is 180 g/mol. The van der Waals surface area contributed by atoms with Gasteiger partial charge in [0.05, 0.1) is 19.3 Å². The Kier molecular flexibility index (Phi) is 4.35. The van der Waals surface area contributed by atoms with Crippen molar-refractivity contribution in [2.75, 3.05) is 26.3 Å². The summed E-state index contributed by atoms with van der Waals surface area (Å²) in [7, 11) is 0. The van der Waals surface area contributed by atoms with Gasteiger partial charge in [-0.3, -0.25) is 4.79 Å². The lowest BCUT2D eigenvalue weighted by Gasteiger charge is -2.30. The van der Waals surface area contributed by atoms with Crippen LogP contribution in [0.2, 0.25) is 0 Å². The van der Waals surface area contributed by atoms with Gasteiger partial charge in [-0.25, -0.2) is 0 Å². The molecule has 4 nitrogen and oxygen atoms in total. The predicted molar refractivity (Wildman–Crippen MR) is 54.8 cm³/mol. The number of morpholine rings is 1. The van der Waals surface area contributed by atoms with E-state index in [4.69, 9.17) is 10.5 Å². The highest BCUT2D eigenvalue weighted by Crippen LogP contribution is 2.09. The van der Waals surface area contributed by atoms with Crippen LogP contribution in [0.4, 0.5) is 0 Å². The molecule has 82 valence electrons. The zero-order chi connectivity index (χ0) is 10.6.